The third-order valence-electron chi connectivity index (χ3n) is 3.30. The van der Waals surface area contributed by atoms with Gasteiger partial charge in [-0.2, -0.15) is 0 Å². The summed E-state index contributed by atoms with van der Waals surface area (Å²) in [5.74, 6) is 0. The summed E-state index contributed by atoms with van der Waals surface area (Å²) < 4.78 is 12.0. The SMILES string of the molecule is C=CC(C)(CC)[SiH](OCCCC)OCCCC. The van der Waals surface area contributed by atoms with Gasteiger partial charge in [-0.3, -0.25) is 0 Å². The average Bonchev–Trinajstić information content (AvgIpc) is 2.36. The zero-order chi connectivity index (χ0) is 13.1. The van der Waals surface area contributed by atoms with Gasteiger partial charge in [0.2, 0.25) is 0 Å². The van der Waals surface area contributed by atoms with Crippen molar-refractivity contribution < 1.29 is 8.85 Å². The number of allylic oxidation sites excluding steroid dienone is 1. The molecular weight excluding hydrogens is 228 g/mol. The van der Waals surface area contributed by atoms with E-state index in [0.29, 0.717) is 0 Å². The molecule has 0 aliphatic rings. The van der Waals surface area contributed by atoms with Crippen molar-refractivity contribution in [1.82, 2.24) is 0 Å². The van der Waals surface area contributed by atoms with Crippen molar-refractivity contribution in [3.63, 3.8) is 0 Å². The summed E-state index contributed by atoms with van der Waals surface area (Å²) in [6.45, 7) is 14.4. The van der Waals surface area contributed by atoms with Gasteiger partial charge in [-0.25, -0.2) is 0 Å². The van der Waals surface area contributed by atoms with Crippen molar-refractivity contribution >= 4 is 9.28 Å². The Hall–Kier alpha value is -0.123. The smallest absolute Gasteiger partial charge is 0.331 e. The maximum absolute atomic E-state index is 6.02. The highest BCUT2D eigenvalue weighted by molar-refractivity contribution is 6.49. The molecule has 3 heteroatoms. The molecule has 0 aromatic heterocycles. The van der Waals surface area contributed by atoms with Crippen LogP contribution >= 0.6 is 0 Å². The molecule has 1 unspecified atom stereocenters. The van der Waals surface area contributed by atoms with Crippen LogP contribution in [0, 0.1) is 0 Å². The van der Waals surface area contributed by atoms with E-state index in [-0.39, 0.29) is 5.04 Å². The monoisotopic (exact) mass is 258 g/mol. The lowest BCUT2D eigenvalue weighted by molar-refractivity contribution is 0.174. The largest absolute Gasteiger partial charge is 0.396 e. The second kappa shape index (κ2) is 9.86. The van der Waals surface area contributed by atoms with Crippen molar-refractivity contribution in [2.75, 3.05) is 13.2 Å². The van der Waals surface area contributed by atoms with E-state index >= 15 is 0 Å². The van der Waals surface area contributed by atoms with Gasteiger partial charge in [-0.05, 0) is 19.3 Å². The third-order valence-corrected chi connectivity index (χ3v) is 6.10. The molecule has 2 nitrogen and oxygen atoms in total. The van der Waals surface area contributed by atoms with Crippen molar-refractivity contribution in [3.05, 3.63) is 12.7 Å². The van der Waals surface area contributed by atoms with Crippen molar-refractivity contribution in [2.24, 2.45) is 0 Å². The summed E-state index contributed by atoms with van der Waals surface area (Å²) in [6, 6.07) is 0. The van der Waals surface area contributed by atoms with Crippen LogP contribution < -0.4 is 0 Å². The van der Waals surface area contributed by atoms with Gasteiger partial charge in [0.1, 0.15) is 0 Å². The average molecular weight is 258 g/mol. The van der Waals surface area contributed by atoms with Gasteiger partial charge < -0.3 is 8.85 Å². The summed E-state index contributed by atoms with van der Waals surface area (Å²) in [5, 5.41) is 0.0570. The Morgan fingerprint density at radius 3 is 1.82 bits per heavy atom. The van der Waals surface area contributed by atoms with Crippen LogP contribution in [0.4, 0.5) is 0 Å². The first kappa shape index (κ1) is 16.9. The number of hydrogen-bond acceptors (Lipinski definition) is 2. The minimum atomic E-state index is -1.64. The van der Waals surface area contributed by atoms with Crippen molar-refractivity contribution in [2.45, 2.75) is 64.8 Å². The summed E-state index contributed by atoms with van der Waals surface area (Å²) >= 11 is 0. The van der Waals surface area contributed by atoms with Gasteiger partial charge in [-0.15, -0.1) is 6.58 Å². The summed E-state index contributed by atoms with van der Waals surface area (Å²) in [7, 11) is -1.64. The fraction of sp³-hybridized carbons (Fsp3) is 0.857. The first-order valence-corrected chi connectivity index (χ1v) is 8.53. The van der Waals surface area contributed by atoms with Crippen molar-refractivity contribution in [1.29, 1.82) is 0 Å². The van der Waals surface area contributed by atoms with E-state index in [2.05, 4.69) is 34.3 Å². The lowest BCUT2D eigenvalue weighted by atomic mass is 10.1. The van der Waals surface area contributed by atoms with Gasteiger partial charge in [0.05, 0.1) is 0 Å². The molecule has 0 aromatic rings. The summed E-state index contributed by atoms with van der Waals surface area (Å²) in [6.07, 6.45) is 7.67. The molecule has 0 radical (unpaired) electrons. The molecule has 0 rings (SSSR count). The fourth-order valence-electron chi connectivity index (χ4n) is 1.51. The van der Waals surface area contributed by atoms with Crippen LogP contribution in [0.2, 0.25) is 5.04 Å². The fourth-order valence-corrected chi connectivity index (χ4v) is 3.65. The van der Waals surface area contributed by atoms with Crippen LogP contribution in [0.15, 0.2) is 12.7 Å². The maximum atomic E-state index is 6.02. The zero-order valence-electron chi connectivity index (χ0n) is 12.1. The Labute approximate surface area is 109 Å². The molecular formula is C14H30O2Si. The molecule has 17 heavy (non-hydrogen) atoms. The van der Waals surface area contributed by atoms with Gasteiger partial charge in [0, 0.05) is 18.3 Å². The molecule has 0 aliphatic carbocycles. The minimum Gasteiger partial charge on any atom is -0.396 e. The van der Waals surface area contributed by atoms with Gasteiger partial charge in [0.25, 0.3) is 0 Å². The van der Waals surface area contributed by atoms with E-state index in [9.17, 15) is 0 Å². The minimum absolute atomic E-state index is 0.0570. The number of hydrogen-bond donors (Lipinski definition) is 0. The Balaban J connectivity index is 4.31. The normalized spacial score (nSPS) is 14.9. The topological polar surface area (TPSA) is 18.5 Å². The summed E-state index contributed by atoms with van der Waals surface area (Å²) in [5.41, 5.74) is 0. The lowest BCUT2D eigenvalue weighted by Gasteiger charge is -2.31. The van der Waals surface area contributed by atoms with Crippen LogP contribution in [-0.2, 0) is 8.85 Å². The lowest BCUT2D eigenvalue weighted by Crippen LogP contribution is -2.36. The highest BCUT2D eigenvalue weighted by atomic mass is 28.3. The second-order valence-corrected chi connectivity index (χ2v) is 7.49. The Kier molecular flexibility index (Phi) is 9.79. The van der Waals surface area contributed by atoms with E-state index in [1.54, 1.807) is 0 Å². The molecule has 0 saturated heterocycles. The quantitative estimate of drug-likeness (QED) is 0.314. The molecule has 102 valence electrons. The van der Waals surface area contributed by atoms with Crippen LogP contribution in [0.1, 0.15) is 59.8 Å². The third kappa shape index (κ3) is 6.39. The Morgan fingerprint density at radius 2 is 1.53 bits per heavy atom. The predicted molar refractivity (Wildman–Crippen MR) is 77.7 cm³/mol. The standard InChI is InChI=1S/C14H30O2Si/c1-6-10-12-15-17(16-13-11-7-2)14(5,8-3)9-4/h8,17H,3,6-7,9-13H2,1-2,4-5H3. The molecule has 0 N–H and O–H groups in total. The molecule has 0 bridgehead atoms. The highest BCUT2D eigenvalue weighted by Crippen LogP contribution is 2.35. The van der Waals surface area contributed by atoms with Crippen LogP contribution in [0.3, 0.4) is 0 Å². The van der Waals surface area contributed by atoms with Crippen LogP contribution in [-0.4, -0.2) is 22.5 Å². The Bertz CT molecular complexity index is 187. The molecule has 0 amide bonds. The predicted octanol–water partition coefficient (Wildman–Crippen LogP) is 4.20. The molecule has 0 spiro atoms. The van der Waals surface area contributed by atoms with E-state index in [1.165, 1.54) is 12.8 Å². The number of rotatable bonds is 11. The molecule has 0 aromatic carbocycles. The van der Waals surface area contributed by atoms with E-state index < -0.39 is 9.28 Å². The van der Waals surface area contributed by atoms with Crippen LogP contribution in [0.25, 0.3) is 0 Å². The van der Waals surface area contributed by atoms with E-state index in [4.69, 9.17) is 8.85 Å². The maximum Gasteiger partial charge on any atom is 0.331 e. The molecule has 0 fully saturated rings. The molecule has 1 atom stereocenters. The van der Waals surface area contributed by atoms with Gasteiger partial charge in [0.15, 0.2) is 0 Å². The molecule has 0 heterocycles. The first-order valence-electron chi connectivity index (χ1n) is 7.01. The van der Waals surface area contributed by atoms with Crippen molar-refractivity contribution in [3.8, 4) is 0 Å². The Morgan fingerprint density at radius 1 is 1.06 bits per heavy atom. The molecule has 0 saturated carbocycles. The van der Waals surface area contributed by atoms with Gasteiger partial charge in [-0.1, -0.05) is 46.6 Å². The van der Waals surface area contributed by atoms with E-state index in [1.807, 2.05) is 6.08 Å². The first-order chi connectivity index (χ1) is 8.14. The summed E-state index contributed by atoms with van der Waals surface area (Å²) in [4.78, 5) is 0. The molecule has 0 aliphatic heterocycles. The van der Waals surface area contributed by atoms with Gasteiger partial charge >= 0.3 is 9.28 Å². The zero-order valence-corrected chi connectivity index (χ0v) is 13.3. The second-order valence-electron chi connectivity index (χ2n) is 4.84. The highest BCUT2D eigenvalue weighted by Gasteiger charge is 2.34. The van der Waals surface area contributed by atoms with Crippen LogP contribution in [0.5, 0.6) is 0 Å². The number of unbranched alkanes of at least 4 members (excludes halogenated alkanes) is 2. The van der Waals surface area contributed by atoms with E-state index in [0.717, 1.165) is 32.5 Å².